The molecule has 1 unspecified atom stereocenters. The molecule has 5 heteroatoms. The summed E-state index contributed by atoms with van der Waals surface area (Å²) >= 11 is 0. The van der Waals surface area contributed by atoms with E-state index in [9.17, 15) is 9.59 Å². The second-order valence-electron chi connectivity index (χ2n) is 6.40. The number of fused-ring (bicyclic) bond motifs is 2. The van der Waals surface area contributed by atoms with Gasteiger partial charge in [0.05, 0.1) is 5.92 Å². The molecule has 5 nitrogen and oxygen atoms in total. The molecule has 1 aliphatic rings. The van der Waals surface area contributed by atoms with E-state index in [4.69, 9.17) is 10.2 Å². The third-order valence-corrected chi connectivity index (χ3v) is 4.84. The highest BCUT2D eigenvalue weighted by atomic mass is 16.3. The maximum Gasteiger partial charge on any atom is 0.294 e. The van der Waals surface area contributed by atoms with Crippen LogP contribution in [0, 0.1) is 12.8 Å². The van der Waals surface area contributed by atoms with Gasteiger partial charge in [-0.2, -0.15) is 0 Å². The monoisotopic (exact) mass is 334 g/mol. The Kier molecular flexibility index (Phi) is 3.57. The minimum Gasteiger partial charge on any atom is -0.451 e. The Morgan fingerprint density at radius 1 is 1.12 bits per heavy atom. The maximum atomic E-state index is 13.2. The molecule has 0 saturated heterocycles. The molecule has 1 aromatic heterocycles. The minimum atomic E-state index is -0.400. The molecule has 2 aromatic carbocycles. The van der Waals surface area contributed by atoms with Crippen LogP contribution in [0.3, 0.4) is 0 Å². The number of hydrogen-bond donors (Lipinski definition) is 1. The van der Waals surface area contributed by atoms with Crippen molar-refractivity contribution >= 4 is 28.5 Å². The summed E-state index contributed by atoms with van der Waals surface area (Å²) in [7, 11) is 0. The fraction of sp³-hybridized carbons (Fsp3) is 0.200. The lowest BCUT2D eigenvalue weighted by atomic mass is 9.91. The number of para-hydroxylation sites is 2. The highest BCUT2D eigenvalue weighted by molar-refractivity contribution is 6.09. The third-order valence-electron chi connectivity index (χ3n) is 4.84. The Labute approximate surface area is 145 Å². The number of primary amides is 1. The molecular formula is C20H18N2O3. The Bertz CT molecular complexity index is 990. The third kappa shape index (κ3) is 2.48. The van der Waals surface area contributed by atoms with Gasteiger partial charge in [-0.1, -0.05) is 36.4 Å². The van der Waals surface area contributed by atoms with E-state index in [1.807, 2.05) is 55.5 Å². The van der Waals surface area contributed by atoms with E-state index in [1.165, 1.54) is 0 Å². The van der Waals surface area contributed by atoms with Gasteiger partial charge < -0.3 is 15.1 Å². The van der Waals surface area contributed by atoms with E-state index < -0.39 is 11.8 Å². The van der Waals surface area contributed by atoms with Gasteiger partial charge in [0.2, 0.25) is 5.91 Å². The molecule has 2 amide bonds. The number of hydrogen-bond acceptors (Lipinski definition) is 3. The molecule has 0 aliphatic carbocycles. The van der Waals surface area contributed by atoms with E-state index in [0.717, 1.165) is 22.2 Å². The van der Waals surface area contributed by atoms with Crippen molar-refractivity contribution in [1.29, 1.82) is 0 Å². The van der Waals surface area contributed by atoms with Gasteiger partial charge in [-0.3, -0.25) is 9.59 Å². The number of carbonyl (C=O) groups is 2. The molecule has 2 heterocycles. The van der Waals surface area contributed by atoms with Gasteiger partial charge in [0.1, 0.15) is 5.58 Å². The van der Waals surface area contributed by atoms with Gasteiger partial charge in [-0.15, -0.1) is 0 Å². The number of carbonyl (C=O) groups excluding carboxylic acids is 2. The standard InChI is InChI=1S/C20H18N2O3/c1-12-15-7-3-5-9-17(15)25-18(12)20(24)22-11-14(19(21)23)10-13-6-2-4-8-16(13)22/h2-9,14H,10-11H2,1H3,(H2,21,23). The van der Waals surface area contributed by atoms with Gasteiger partial charge in [0, 0.05) is 23.2 Å². The van der Waals surface area contributed by atoms with Crippen molar-refractivity contribution in [2.75, 3.05) is 11.4 Å². The fourth-order valence-corrected chi connectivity index (χ4v) is 3.48. The van der Waals surface area contributed by atoms with Gasteiger partial charge in [0.25, 0.3) is 5.91 Å². The molecule has 1 atom stereocenters. The zero-order valence-electron chi connectivity index (χ0n) is 13.9. The lowest BCUT2D eigenvalue weighted by Gasteiger charge is -2.32. The van der Waals surface area contributed by atoms with Crippen LogP contribution in [-0.2, 0) is 11.2 Å². The van der Waals surface area contributed by atoms with Gasteiger partial charge >= 0.3 is 0 Å². The molecular weight excluding hydrogens is 316 g/mol. The first-order valence-electron chi connectivity index (χ1n) is 8.23. The number of furan rings is 1. The second kappa shape index (κ2) is 5.77. The highest BCUT2D eigenvalue weighted by Crippen LogP contribution is 2.33. The lowest BCUT2D eigenvalue weighted by molar-refractivity contribution is -0.121. The van der Waals surface area contributed by atoms with Crippen molar-refractivity contribution in [3.63, 3.8) is 0 Å². The predicted molar refractivity (Wildman–Crippen MR) is 95.5 cm³/mol. The number of benzene rings is 2. The molecule has 0 radical (unpaired) electrons. The molecule has 0 saturated carbocycles. The average Bonchev–Trinajstić information content (AvgIpc) is 2.97. The van der Waals surface area contributed by atoms with Gasteiger partial charge in [0.15, 0.2) is 5.76 Å². The molecule has 0 fully saturated rings. The van der Waals surface area contributed by atoms with Crippen LogP contribution in [0.15, 0.2) is 52.9 Å². The molecule has 0 bridgehead atoms. The van der Waals surface area contributed by atoms with E-state index >= 15 is 0 Å². The van der Waals surface area contributed by atoms with Gasteiger partial charge in [-0.05, 0) is 31.0 Å². The van der Waals surface area contributed by atoms with E-state index in [0.29, 0.717) is 17.8 Å². The maximum absolute atomic E-state index is 13.2. The predicted octanol–water partition coefficient (Wildman–Crippen LogP) is 3.05. The number of aryl methyl sites for hydroxylation is 1. The molecule has 4 rings (SSSR count). The molecule has 1 aliphatic heterocycles. The van der Waals surface area contributed by atoms with Crippen LogP contribution in [0.2, 0.25) is 0 Å². The number of nitrogens with two attached hydrogens (primary N) is 1. The smallest absolute Gasteiger partial charge is 0.294 e. The fourth-order valence-electron chi connectivity index (χ4n) is 3.48. The summed E-state index contributed by atoms with van der Waals surface area (Å²) in [6, 6.07) is 15.2. The zero-order valence-corrected chi connectivity index (χ0v) is 13.9. The van der Waals surface area contributed by atoms with Crippen LogP contribution in [0.25, 0.3) is 11.0 Å². The quantitative estimate of drug-likeness (QED) is 0.782. The first-order chi connectivity index (χ1) is 12.1. The van der Waals surface area contributed by atoms with Crippen LogP contribution in [-0.4, -0.2) is 18.4 Å². The number of anilines is 1. The van der Waals surface area contributed by atoms with E-state index in [1.54, 1.807) is 4.90 Å². The lowest BCUT2D eigenvalue weighted by Crippen LogP contribution is -2.44. The molecule has 3 aromatic rings. The summed E-state index contributed by atoms with van der Waals surface area (Å²) in [6.07, 6.45) is 0.550. The Balaban J connectivity index is 1.80. The zero-order chi connectivity index (χ0) is 17.6. The molecule has 25 heavy (non-hydrogen) atoms. The Hall–Kier alpha value is -3.08. The van der Waals surface area contributed by atoms with Crippen molar-refractivity contribution in [3.8, 4) is 0 Å². The number of amides is 2. The van der Waals surface area contributed by atoms with Crippen molar-refractivity contribution in [1.82, 2.24) is 0 Å². The molecule has 2 N–H and O–H groups in total. The minimum absolute atomic E-state index is 0.243. The number of nitrogens with zero attached hydrogens (tertiary/aromatic N) is 1. The first kappa shape index (κ1) is 15.4. The van der Waals surface area contributed by atoms with Crippen LogP contribution < -0.4 is 10.6 Å². The van der Waals surface area contributed by atoms with Crippen molar-refractivity contribution in [2.45, 2.75) is 13.3 Å². The number of rotatable bonds is 2. The van der Waals surface area contributed by atoms with Crippen LogP contribution in [0.5, 0.6) is 0 Å². The summed E-state index contributed by atoms with van der Waals surface area (Å²) < 4.78 is 5.82. The average molecular weight is 334 g/mol. The first-order valence-corrected chi connectivity index (χ1v) is 8.23. The molecule has 126 valence electrons. The summed E-state index contributed by atoms with van der Waals surface area (Å²) in [5.41, 5.74) is 8.76. The van der Waals surface area contributed by atoms with Crippen molar-refractivity contribution in [2.24, 2.45) is 11.7 Å². The summed E-state index contributed by atoms with van der Waals surface area (Å²) in [6.45, 7) is 2.14. The summed E-state index contributed by atoms with van der Waals surface area (Å²) in [4.78, 5) is 26.5. The van der Waals surface area contributed by atoms with Crippen molar-refractivity contribution < 1.29 is 14.0 Å². The van der Waals surface area contributed by atoms with E-state index in [2.05, 4.69) is 0 Å². The van der Waals surface area contributed by atoms with Crippen LogP contribution >= 0.6 is 0 Å². The largest absolute Gasteiger partial charge is 0.451 e. The molecule has 0 spiro atoms. The normalized spacial score (nSPS) is 16.7. The van der Waals surface area contributed by atoms with Crippen LogP contribution in [0.4, 0.5) is 5.69 Å². The van der Waals surface area contributed by atoms with E-state index in [-0.39, 0.29) is 12.5 Å². The Morgan fingerprint density at radius 3 is 2.60 bits per heavy atom. The summed E-state index contributed by atoms with van der Waals surface area (Å²) in [5, 5.41) is 0.919. The highest BCUT2D eigenvalue weighted by Gasteiger charge is 2.33. The van der Waals surface area contributed by atoms with Gasteiger partial charge in [-0.25, -0.2) is 0 Å². The second-order valence-corrected chi connectivity index (χ2v) is 6.40. The summed E-state index contributed by atoms with van der Waals surface area (Å²) in [5.74, 6) is -0.731. The SMILES string of the molecule is Cc1c(C(=O)N2CC(C(N)=O)Cc3ccccc32)oc2ccccc12. The van der Waals surface area contributed by atoms with Crippen molar-refractivity contribution in [3.05, 3.63) is 65.4 Å². The van der Waals surface area contributed by atoms with Crippen LogP contribution in [0.1, 0.15) is 21.7 Å². The Morgan fingerprint density at radius 2 is 1.84 bits per heavy atom. The topological polar surface area (TPSA) is 76.5 Å².